The summed E-state index contributed by atoms with van der Waals surface area (Å²) in [7, 11) is -3.07. The van der Waals surface area contributed by atoms with E-state index in [1.54, 1.807) is 12.1 Å². The SMILES string of the molecule is CCn1c(SCC(=O)O[C@H]2CCS(=O)(=O)C2)nnc1-c1ccc(Cl)cc1. The molecule has 0 radical (unpaired) electrons. The summed E-state index contributed by atoms with van der Waals surface area (Å²) in [4.78, 5) is 12.0. The van der Waals surface area contributed by atoms with Crippen molar-refractivity contribution in [3.05, 3.63) is 29.3 Å². The van der Waals surface area contributed by atoms with E-state index in [-0.39, 0.29) is 17.3 Å². The lowest BCUT2D eigenvalue weighted by atomic mass is 10.2. The van der Waals surface area contributed by atoms with Gasteiger partial charge in [-0.2, -0.15) is 0 Å². The van der Waals surface area contributed by atoms with Gasteiger partial charge in [-0.3, -0.25) is 4.79 Å². The Hall–Kier alpha value is -1.58. The zero-order chi connectivity index (χ0) is 18.7. The number of hydrogen-bond donors (Lipinski definition) is 0. The van der Waals surface area contributed by atoms with Gasteiger partial charge in [0, 0.05) is 17.1 Å². The summed E-state index contributed by atoms with van der Waals surface area (Å²) in [5.41, 5.74) is 0.884. The molecule has 26 heavy (non-hydrogen) atoms. The van der Waals surface area contributed by atoms with Gasteiger partial charge >= 0.3 is 5.97 Å². The molecule has 1 saturated heterocycles. The first-order valence-electron chi connectivity index (χ1n) is 8.10. The third kappa shape index (κ3) is 4.57. The number of benzene rings is 1. The van der Waals surface area contributed by atoms with Crippen molar-refractivity contribution >= 4 is 39.2 Å². The Balaban J connectivity index is 1.63. The highest BCUT2D eigenvalue weighted by molar-refractivity contribution is 7.99. The van der Waals surface area contributed by atoms with Gasteiger partial charge < -0.3 is 9.30 Å². The van der Waals surface area contributed by atoms with Gasteiger partial charge in [-0.15, -0.1) is 10.2 Å². The van der Waals surface area contributed by atoms with E-state index in [0.717, 1.165) is 5.56 Å². The summed E-state index contributed by atoms with van der Waals surface area (Å²) < 4.78 is 30.0. The van der Waals surface area contributed by atoms with Crippen LogP contribution in [0, 0.1) is 0 Å². The highest BCUT2D eigenvalue weighted by Gasteiger charge is 2.30. The summed E-state index contributed by atoms with van der Waals surface area (Å²) in [6.45, 7) is 2.61. The number of hydrogen-bond acceptors (Lipinski definition) is 7. The van der Waals surface area contributed by atoms with E-state index in [1.165, 1.54) is 11.8 Å². The molecule has 1 aromatic heterocycles. The first kappa shape index (κ1) is 19.2. The maximum atomic E-state index is 12.0. The molecule has 0 spiro atoms. The largest absolute Gasteiger partial charge is 0.461 e. The fourth-order valence-corrected chi connectivity index (χ4v) is 5.19. The third-order valence-corrected chi connectivity index (χ3v) is 6.87. The number of thioether (sulfide) groups is 1. The van der Waals surface area contributed by atoms with Crippen LogP contribution in [0.15, 0.2) is 29.4 Å². The molecule has 2 heterocycles. The predicted octanol–water partition coefficient (Wildman–Crippen LogP) is 2.44. The second kappa shape index (κ2) is 7.98. The molecular formula is C16H18ClN3O4S2. The minimum absolute atomic E-state index is 0.0509. The van der Waals surface area contributed by atoms with Crippen molar-refractivity contribution in [2.75, 3.05) is 17.3 Å². The van der Waals surface area contributed by atoms with E-state index < -0.39 is 21.9 Å². The van der Waals surface area contributed by atoms with Gasteiger partial charge in [0.05, 0.1) is 17.3 Å². The Labute approximate surface area is 161 Å². The Kier molecular flexibility index (Phi) is 5.89. The van der Waals surface area contributed by atoms with Gasteiger partial charge in [-0.05, 0) is 37.6 Å². The first-order chi connectivity index (χ1) is 12.4. The van der Waals surface area contributed by atoms with E-state index in [1.807, 2.05) is 23.6 Å². The third-order valence-electron chi connectivity index (χ3n) is 3.94. The molecule has 1 aliphatic heterocycles. The molecule has 1 aliphatic rings. The predicted molar refractivity (Wildman–Crippen MR) is 100 cm³/mol. The Morgan fingerprint density at radius 2 is 2.08 bits per heavy atom. The molecule has 10 heteroatoms. The summed E-state index contributed by atoms with van der Waals surface area (Å²) >= 11 is 7.13. The minimum atomic E-state index is -3.07. The molecule has 3 rings (SSSR count). The van der Waals surface area contributed by atoms with Crippen molar-refractivity contribution in [3.8, 4) is 11.4 Å². The van der Waals surface area contributed by atoms with Crippen LogP contribution in [0.2, 0.25) is 5.02 Å². The Morgan fingerprint density at radius 1 is 1.35 bits per heavy atom. The van der Waals surface area contributed by atoms with E-state index in [4.69, 9.17) is 16.3 Å². The topological polar surface area (TPSA) is 91.2 Å². The number of esters is 1. The molecular weight excluding hydrogens is 398 g/mol. The second-order valence-corrected chi connectivity index (χ2v) is 9.47. The molecule has 0 bridgehead atoms. The fraction of sp³-hybridized carbons (Fsp3) is 0.438. The fourth-order valence-electron chi connectivity index (χ4n) is 2.69. The van der Waals surface area contributed by atoms with Crippen molar-refractivity contribution < 1.29 is 17.9 Å². The highest BCUT2D eigenvalue weighted by Crippen LogP contribution is 2.25. The monoisotopic (exact) mass is 415 g/mol. The van der Waals surface area contributed by atoms with Gasteiger partial charge in [0.25, 0.3) is 0 Å². The number of carbonyl (C=O) groups excluding carboxylic acids is 1. The average molecular weight is 416 g/mol. The van der Waals surface area contributed by atoms with Crippen LogP contribution in [0.25, 0.3) is 11.4 Å². The van der Waals surface area contributed by atoms with Gasteiger partial charge in [-0.1, -0.05) is 23.4 Å². The van der Waals surface area contributed by atoms with Crippen molar-refractivity contribution in [2.24, 2.45) is 0 Å². The molecule has 0 amide bonds. The molecule has 0 unspecified atom stereocenters. The number of aromatic nitrogens is 3. The van der Waals surface area contributed by atoms with Crippen LogP contribution in [0.5, 0.6) is 0 Å². The van der Waals surface area contributed by atoms with Gasteiger partial charge in [0.1, 0.15) is 6.10 Å². The number of halogens is 1. The molecule has 0 aliphatic carbocycles. The van der Waals surface area contributed by atoms with Crippen LogP contribution in [-0.4, -0.2) is 52.5 Å². The summed E-state index contributed by atoms with van der Waals surface area (Å²) in [6.07, 6.45) is -0.174. The van der Waals surface area contributed by atoms with Crippen molar-refractivity contribution in [1.82, 2.24) is 14.8 Å². The second-order valence-electron chi connectivity index (χ2n) is 5.86. The summed E-state index contributed by atoms with van der Waals surface area (Å²) in [6, 6.07) is 7.29. The molecule has 0 N–H and O–H groups in total. The Bertz CT molecular complexity index is 897. The zero-order valence-electron chi connectivity index (χ0n) is 14.1. The van der Waals surface area contributed by atoms with Gasteiger partial charge in [0.2, 0.25) is 0 Å². The lowest BCUT2D eigenvalue weighted by Gasteiger charge is -2.10. The van der Waals surface area contributed by atoms with E-state index >= 15 is 0 Å². The van der Waals surface area contributed by atoms with Crippen LogP contribution < -0.4 is 0 Å². The maximum absolute atomic E-state index is 12.0. The summed E-state index contributed by atoms with van der Waals surface area (Å²) in [5.74, 6) is 0.287. The molecule has 1 atom stereocenters. The highest BCUT2D eigenvalue weighted by atomic mass is 35.5. The Morgan fingerprint density at radius 3 is 2.69 bits per heavy atom. The van der Waals surface area contributed by atoms with Crippen molar-refractivity contribution in [1.29, 1.82) is 0 Å². The zero-order valence-corrected chi connectivity index (χ0v) is 16.5. The molecule has 140 valence electrons. The number of rotatable bonds is 6. The lowest BCUT2D eigenvalue weighted by Crippen LogP contribution is -2.20. The average Bonchev–Trinajstić information content (AvgIpc) is 3.16. The van der Waals surface area contributed by atoms with Crippen LogP contribution in [0.3, 0.4) is 0 Å². The number of nitrogens with zero attached hydrogens (tertiary/aromatic N) is 3. The number of carbonyl (C=O) groups is 1. The molecule has 0 saturated carbocycles. The molecule has 1 fully saturated rings. The van der Waals surface area contributed by atoms with Gasteiger partial charge in [0.15, 0.2) is 20.8 Å². The van der Waals surface area contributed by atoms with Crippen molar-refractivity contribution in [3.63, 3.8) is 0 Å². The van der Waals surface area contributed by atoms with E-state index in [2.05, 4.69) is 10.2 Å². The molecule has 1 aromatic carbocycles. The standard InChI is InChI=1S/C16H18ClN3O4S2/c1-2-20-15(11-3-5-12(17)6-4-11)18-19-16(20)25-9-14(21)24-13-7-8-26(22,23)10-13/h3-6,13H,2,7-10H2,1H3/t13-/m0/s1. The maximum Gasteiger partial charge on any atom is 0.316 e. The van der Waals surface area contributed by atoms with E-state index in [9.17, 15) is 13.2 Å². The molecule has 7 nitrogen and oxygen atoms in total. The van der Waals surface area contributed by atoms with Crippen molar-refractivity contribution in [2.45, 2.75) is 31.1 Å². The van der Waals surface area contributed by atoms with Crippen LogP contribution in [0.4, 0.5) is 0 Å². The minimum Gasteiger partial charge on any atom is -0.461 e. The van der Waals surface area contributed by atoms with Gasteiger partial charge in [-0.25, -0.2) is 8.42 Å². The first-order valence-corrected chi connectivity index (χ1v) is 11.3. The van der Waals surface area contributed by atoms with Crippen LogP contribution >= 0.6 is 23.4 Å². The number of ether oxygens (including phenoxy) is 1. The lowest BCUT2D eigenvalue weighted by molar-refractivity contribution is -0.144. The van der Waals surface area contributed by atoms with Crippen LogP contribution in [0.1, 0.15) is 13.3 Å². The molecule has 2 aromatic rings. The number of sulfone groups is 1. The quantitative estimate of drug-likeness (QED) is 0.528. The van der Waals surface area contributed by atoms with E-state index in [0.29, 0.717) is 29.0 Å². The summed E-state index contributed by atoms with van der Waals surface area (Å²) in [5, 5.41) is 9.60. The normalized spacial score (nSPS) is 18.8. The smallest absolute Gasteiger partial charge is 0.316 e. The van der Waals surface area contributed by atoms with Crippen LogP contribution in [-0.2, 0) is 25.9 Å².